The van der Waals surface area contributed by atoms with E-state index in [2.05, 4.69) is 37.3 Å². The number of pyridine rings is 1. The number of aryl methyl sites for hydroxylation is 1. The molecule has 0 aliphatic heterocycles. The van der Waals surface area contributed by atoms with Crippen molar-refractivity contribution in [3.05, 3.63) is 41.6 Å². The minimum atomic E-state index is -0.112. The number of hydrogen-bond donors (Lipinski definition) is 0. The number of aromatic nitrogens is 1. The fraction of sp³-hybridized carbons (Fsp3) is 0.400. The van der Waals surface area contributed by atoms with Crippen LogP contribution in [0.5, 0.6) is 0 Å². The molecule has 0 spiro atoms. The third-order valence-corrected chi connectivity index (χ3v) is 3.86. The van der Waals surface area contributed by atoms with Crippen molar-refractivity contribution in [2.75, 3.05) is 7.11 Å². The van der Waals surface area contributed by atoms with Gasteiger partial charge in [0.15, 0.2) is 0 Å². The van der Waals surface area contributed by atoms with Crippen LogP contribution in [0.3, 0.4) is 0 Å². The van der Waals surface area contributed by atoms with Crippen molar-refractivity contribution in [2.45, 2.75) is 31.8 Å². The second-order valence-electron chi connectivity index (χ2n) is 4.94. The molecular formula is C15H17NO. The third kappa shape index (κ3) is 1.64. The highest BCUT2D eigenvalue weighted by molar-refractivity contribution is 5.79. The maximum Gasteiger partial charge on any atom is 0.110 e. The summed E-state index contributed by atoms with van der Waals surface area (Å²) in [6.07, 6.45) is 3.42. The van der Waals surface area contributed by atoms with Crippen LogP contribution in [0.15, 0.2) is 30.3 Å². The van der Waals surface area contributed by atoms with Crippen molar-refractivity contribution in [1.82, 2.24) is 4.98 Å². The van der Waals surface area contributed by atoms with E-state index in [9.17, 15) is 0 Å². The van der Waals surface area contributed by atoms with Gasteiger partial charge in [-0.25, -0.2) is 4.98 Å². The summed E-state index contributed by atoms with van der Waals surface area (Å²) in [4.78, 5) is 4.76. The second-order valence-corrected chi connectivity index (χ2v) is 4.94. The first-order valence-electron chi connectivity index (χ1n) is 6.17. The van der Waals surface area contributed by atoms with Gasteiger partial charge in [0.05, 0.1) is 11.2 Å². The molecule has 1 aromatic carbocycles. The van der Waals surface area contributed by atoms with Gasteiger partial charge in [-0.1, -0.05) is 17.7 Å². The molecule has 17 heavy (non-hydrogen) atoms. The number of rotatable bonds is 2. The van der Waals surface area contributed by atoms with Gasteiger partial charge in [0, 0.05) is 12.5 Å². The van der Waals surface area contributed by atoms with Gasteiger partial charge in [0.1, 0.15) is 5.60 Å². The summed E-state index contributed by atoms with van der Waals surface area (Å²) in [7, 11) is 1.79. The van der Waals surface area contributed by atoms with E-state index < -0.39 is 0 Å². The summed E-state index contributed by atoms with van der Waals surface area (Å²) in [5.74, 6) is 0. The zero-order chi connectivity index (χ0) is 11.9. The first-order chi connectivity index (χ1) is 8.23. The molecule has 0 radical (unpaired) electrons. The van der Waals surface area contributed by atoms with E-state index >= 15 is 0 Å². The molecule has 3 rings (SSSR count). The predicted octanol–water partition coefficient (Wildman–Crippen LogP) is 3.57. The number of hydrogen-bond acceptors (Lipinski definition) is 2. The molecule has 1 fully saturated rings. The largest absolute Gasteiger partial charge is 0.372 e. The van der Waals surface area contributed by atoms with Crippen LogP contribution >= 0.6 is 0 Å². The molecule has 1 aliphatic rings. The third-order valence-electron chi connectivity index (χ3n) is 3.86. The van der Waals surface area contributed by atoms with E-state index in [1.54, 1.807) is 7.11 Å². The van der Waals surface area contributed by atoms with Gasteiger partial charge in [-0.3, -0.25) is 0 Å². The van der Waals surface area contributed by atoms with Crippen LogP contribution < -0.4 is 0 Å². The van der Waals surface area contributed by atoms with Crippen molar-refractivity contribution in [2.24, 2.45) is 0 Å². The molecule has 0 atom stereocenters. The summed E-state index contributed by atoms with van der Waals surface area (Å²) >= 11 is 0. The van der Waals surface area contributed by atoms with Crippen molar-refractivity contribution in [3.8, 4) is 0 Å². The lowest BCUT2D eigenvalue weighted by Gasteiger charge is -2.39. The number of benzene rings is 1. The van der Waals surface area contributed by atoms with Crippen LogP contribution in [0.25, 0.3) is 10.9 Å². The quantitative estimate of drug-likeness (QED) is 0.782. The lowest BCUT2D eigenvalue weighted by Crippen LogP contribution is -2.36. The fourth-order valence-corrected chi connectivity index (χ4v) is 2.56. The highest BCUT2D eigenvalue weighted by Gasteiger charge is 2.40. The summed E-state index contributed by atoms with van der Waals surface area (Å²) in [6.45, 7) is 2.11. The molecule has 0 unspecified atom stereocenters. The maximum atomic E-state index is 5.67. The lowest BCUT2D eigenvalue weighted by atomic mass is 9.77. The van der Waals surface area contributed by atoms with Crippen molar-refractivity contribution < 1.29 is 4.74 Å². The van der Waals surface area contributed by atoms with Gasteiger partial charge in [0.2, 0.25) is 0 Å². The smallest absolute Gasteiger partial charge is 0.110 e. The van der Waals surface area contributed by atoms with Crippen molar-refractivity contribution >= 4 is 10.9 Å². The van der Waals surface area contributed by atoms with Gasteiger partial charge in [-0.15, -0.1) is 0 Å². The highest BCUT2D eigenvalue weighted by atomic mass is 16.5. The topological polar surface area (TPSA) is 22.1 Å². The Morgan fingerprint density at radius 1 is 1.18 bits per heavy atom. The van der Waals surface area contributed by atoms with Gasteiger partial charge in [-0.2, -0.15) is 0 Å². The zero-order valence-electron chi connectivity index (χ0n) is 10.4. The molecule has 1 aliphatic carbocycles. The number of methoxy groups -OCH3 is 1. The van der Waals surface area contributed by atoms with Gasteiger partial charge >= 0.3 is 0 Å². The van der Waals surface area contributed by atoms with Crippen LogP contribution in [0, 0.1) is 6.92 Å². The number of nitrogens with zero attached hydrogens (tertiary/aromatic N) is 1. The van der Waals surface area contributed by atoms with Crippen LogP contribution in [0.1, 0.15) is 30.5 Å². The Morgan fingerprint density at radius 2 is 2.00 bits per heavy atom. The first-order valence-corrected chi connectivity index (χ1v) is 6.17. The minimum absolute atomic E-state index is 0.112. The summed E-state index contributed by atoms with van der Waals surface area (Å²) in [5, 5.41) is 1.21. The van der Waals surface area contributed by atoms with Gasteiger partial charge in [-0.05, 0) is 44.4 Å². The number of ether oxygens (including phenoxy) is 1. The molecule has 0 amide bonds. The Balaban J connectivity index is 2.10. The Morgan fingerprint density at radius 3 is 2.65 bits per heavy atom. The normalized spacial score (nSPS) is 18.0. The molecule has 2 heteroatoms. The van der Waals surface area contributed by atoms with E-state index in [0.29, 0.717) is 0 Å². The average Bonchev–Trinajstić information content (AvgIpc) is 2.28. The summed E-state index contributed by atoms with van der Waals surface area (Å²) < 4.78 is 5.67. The molecule has 0 N–H and O–H groups in total. The monoisotopic (exact) mass is 227 g/mol. The SMILES string of the molecule is COC1(c2ccc3cc(C)ccc3n2)CCC1. The molecule has 0 saturated heterocycles. The second kappa shape index (κ2) is 3.81. The zero-order valence-corrected chi connectivity index (χ0v) is 10.4. The Labute approximate surface area is 102 Å². The van der Waals surface area contributed by atoms with E-state index in [1.807, 2.05) is 0 Å². The highest BCUT2D eigenvalue weighted by Crippen LogP contribution is 2.43. The standard InChI is InChI=1S/C15H17NO/c1-11-4-6-13-12(10-11)5-7-14(16-13)15(17-2)8-3-9-15/h4-7,10H,3,8-9H2,1-2H3. The lowest BCUT2D eigenvalue weighted by molar-refractivity contribution is -0.0809. The van der Waals surface area contributed by atoms with E-state index in [-0.39, 0.29) is 5.60 Å². The summed E-state index contributed by atoms with van der Waals surface area (Å²) in [6, 6.07) is 10.6. The van der Waals surface area contributed by atoms with Crippen molar-refractivity contribution in [1.29, 1.82) is 0 Å². The van der Waals surface area contributed by atoms with Crippen LogP contribution in [-0.4, -0.2) is 12.1 Å². The minimum Gasteiger partial charge on any atom is -0.372 e. The van der Waals surface area contributed by atoms with Gasteiger partial charge in [0.25, 0.3) is 0 Å². The first kappa shape index (κ1) is 10.7. The molecule has 2 nitrogen and oxygen atoms in total. The maximum absolute atomic E-state index is 5.67. The molecular weight excluding hydrogens is 210 g/mol. The van der Waals surface area contributed by atoms with Crippen LogP contribution in [0.2, 0.25) is 0 Å². The Hall–Kier alpha value is -1.41. The van der Waals surface area contributed by atoms with Crippen molar-refractivity contribution in [3.63, 3.8) is 0 Å². The van der Waals surface area contributed by atoms with Gasteiger partial charge < -0.3 is 4.74 Å². The predicted molar refractivity (Wildman–Crippen MR) is 69.0 cm³/mol. The molecule has 88 valence electrons. The number of fused-ring (bicyclic) bond motifs is 1. The molecule has 0 bridgehead atoms. The Bertz CT molecular complexity index is 552. The Kier molecular flexibility index (Phi) is 2.40. The average molecular weight is 227 g/mol. The molecule has 1 heterocycles. The van der Waals surface area contributed by atoms with E-state index in [1.165, 1.54) is 17.4 Å². The van der Waals surface area contributed by atoms with E-state index in [0.717, 1.165) is 24.1 Å². The fourth-order valence-electron chi connectivity index (χ4n) is 2.56. The van der Waals surface area contributed by atoms with Crippen LogP contribution in [-0.2, 0) is 10.3 Å². The molecule has 1 aromatic heterocycles. The molecule has 1 saturated carbocycles. The van der Waals surface area contributed by atoms with E-state index in [4.69, 9.17) is 9.72 Å². The van der Waals surface area contributed by atoms with Crippen LogP contribution in [0.4, 0.5) is 0 Å². The molecule has 2 aromatic rings. The summed E-state index contributed by atoms with van der Waals surface area (Å²) in [5.41, 5.74) is 3.31.